The van der Waals surface area contributed by atoms with Crippen LogP contribution in [-0.2, 0) is 4.79 Å². The Hall–Kier alpha value is -1.53. The van der Waals surface area contributed by atoms with Gasteiger partial charge in [-0.1, -0.05) is 6.92 Å². The minimum absolute atomic E-state index is 0. The van der Waals surface area contributed by atoms with Gasteiger partial charge >= 0.3 is 0 Å². The third-order valence-electron chi connectivity index (χ3n) is 4.40. The van der Waals surface area contributed by atoms with Gasteiger partial charge in [0, 0.05) is 18.6 Å². The molecule has 0 saturated carbocycles. The van der Waals surface area contributed by atoms with Crippen LogP contribution < -0.4 is 20.1 Å². The summed E-state index contributed by atoms with van der Waals surface area (Å²) in [6.45, 7) is 4.09. The number of carbonyl (C=O) groups is 1. The van der Waals surface area contributed by atoms with Crippen LogP contribution in [-0.4, -0.2) is 33.2 Å². The van der Waals surface area contributed by atoms with Crippen molar-refractivity contribution in [3.8, 4) is 11.5 Å². The quantitative estimate of drug-likeness (QED) is 0.817. The van der Waals surface area contributed by atoms with Crippen LogP contribution >= 0.6 is 12.4 Å². The standard InChI is InChI=1S/C17H25FN2O3.ClH/c1-11(12-5-4-6-19-10-12)7-17(21)20-14-8-13(18)15(22-2)9-16(14)23-3;/h8-9,11-12,19H,4-7,10H2,1-3H3,(H,20,21);1H. The summed E-state index contributed by atoms with van der Waals surface area (Å²) in [5.74, 6) is 0.574. The van der Waals surface area contributed by atoms with E-state index in [1.807, 2.05) is 0 Å². The third kappa shape index (κ3) is 5.24. The Morgan fingerprint density at radius 2 is 2.08 bits per heavy atom. The molecule has 2 unspecified atom stereocenters. The second-order valence-electron chi connectivity index (χ2n) is 6.02. The molecule has 0 bridgehead atoms. The summed E-state index contributed by atoms with van der Waals surface area (Å²) in [6, 6.07) is 2.65. The Labute approximate surface area is 148 Å². The summed E-state index contributed by atoms with van der Waals surface area (Å²) in [7, 11) is 2.86. The SMILES string of the molecule is COc1cc(OC)c(NC(=O)CC(C)C2CCCNC2)cc1F.Cl. The molecule has 1 saturated heterocycles. The van der Waals surface area contributed by atoms with Gasteiger partial charge in [0.15, 0.2) is 11.6 Å². The normalized spacial score (nSPS) is 18.2. The smallest absolute Gasteiger partial charge is 0.224 e. The number of hydrogen-bond acceptors (Lipinski definition) is 4. The number of benzene rings is 1. The van der Waals surface area contributed by atoms with E-state index in [1.54, 1.807) is 0 Å². The van der Waals surface area contributed by atoms with Gasteiger partial charge in [-0.05, 0) is 37.8 Å². The van der Waals surface area contributed by atoms with E-state index in [-0.39, 0.29) is 30.0 Å². The van der Waals surface area contributed by atoms with E-state index in [1.165, 1.54) is 26.4 Å². The summed E-state index contributed by atoms with van der Waals surface area (Å²) in [5, 5.41) is 6.11. The van der Waals surface area contributed by atoms with Crippen molar-refractivity contribution < 1.29 is 18.7 Å². The minimum atomic E-state index is -0.534. The fraction of sp³-hybridized carbons (Fsp3) is 0.588. The predicted octanol–water partition coefficient (Wildman–Crippen LogP) is 3.23. The first-order valence-corrected chi connectivity index (χ1v) is 7.97. The van der Waals surface area contributed by atoms with Gasteiger partial charge in [-0.25, -0.2) is 4.39 Å². The monoisotopic (exact) mass is 360 g/mol. The Bertz CT molecular complexity index is 551. The van der Waals surface area contributed by atoms with Crippen LogP contribution in [0.3, 0.4) is 0 Å². The second-order valence-corrected chi connectivity index (χ2v) is 6.02. The molecule has 7 heteroatoms. The van der Waals surface area contributed by atoms with E-state index in [9.17, 15) is 9.18 Å². The molecule has 24 heavy (non-hydrogen) atoms. The highest BCUT2D eigenvalue weighted by molar-refractivity contribution is 5.92. The zero-order valence-corrected chi connectivity index (χ0v) is 15.2. The summed E-state index contributed by atoms with van der Waals surface area (Å²) >= 11 is 0. The predicted molar refractivity (Wildman–Crippen MR) is 94.8 cm³/mol. The van der Waals surface area contributed by atoms with Crippen LogP contribution in [0.25, 0.3) is 0 Å². The molecular weight excluding hydrogens is 335 g/mol. The van der Waals surface area contributed by atoms with E-state index in [0.29, 0.717) is 23.8 Å². The highest BCUT2D eigenvalue weighted by atomic mass is 35.5. The van der Waals surface area contributed by atoms with Gasteiger partial charge in [0.25, 0.3) is 0 Å². The van der Waals surface area contributed by atoms with Gasteiger partial charge in [0.05, 0.1) is 19.9 Å². The van der Waals surface area contributed by atoms with E-state index in [0.717, 1.165) is 25.9 Å². The molecule has 1 aliphatic heterocycles. The molecule has 1 aromatic rings. The van der Waals surface area contributed by atoms with Crippen LogP contribution in [0.5, 0.6) is 11.5 Å². The van der Waals surface area contributed by atoms with Crippen molar-refractivity contribution in [2.45, 2.75) is 26.2 Å². The highest BCUT2D eigenvalue weighted by Gasteiger charge is 2.22. The first-order valence-electron chi connectivity index (χ1n) is 7.97. The molecule has 0 aromatic heterocycles. The fourth-order valence-electron chi connectivity index (χ4n) is 2.98. The average Bonchev–Trinajstić information content (AvgIpc) is 2.55. The molecule has 136 valence electrons. The zero-order valence-electron chi connectivity index (χ0n) is 14.4. The van der Waals surface area contributed by atoms with Crippen LogP contribution in [0.2, 0.25) is 0 Å². The lowest BCUT2D eigenvalue weighted by atomic mass is 9.85. The van der Waals surface area contributed by atoms with Crippen molar-refractivity contribution >= 4 is 24.0 Å². The molecule has 2 N–H and O–H groups in total. The number of halogens is 2. The minimum Gasteiger partial charge on any atom is -0.494 e. The van der Waals surface area contributed by atoms with Gasteiger partial charge in [0.2, 0.25) is 5.91 Å². The maximum Gasteiger partial charge on any atom is 0.224 e. The van der Waals surface area contributed by atoms with Crippen molar-refractivity contribution in [2.75, 3.05) is 32.6 Å². The summed E-state index contributed by atoms with van der Waals surface area (Å²) in [4.78, 5) is 12.3. The number of hydrogen-bond donors (Lipinski definition) is 2. The average molecular weight is 361 g/mol. The topological polar surface area (TPSA) is 59.6 Å². The van der Waals surface area contributed by atoms with Crippen molar-refractivity contribution in [2.24, 2.45) is 11.8 Å². The maximum atomic E-state index is 13.8. The summed E-state index contributed by atoms with van der Waals surface area (Å²) < 4.78 is 23.9. The largest absolute Gasteiger partial charge is 0.494 e. The lowest BCUT2D eigenvalue weighted by Crippen LogP contribution is -2.34. The number of methoxy groups -OCH3 is 2. The molecular formula is C17H26ClFN2O3. The van der Waals surface area contributed by atoms with Crippen LogP contribution in [0.1, 0.15) is 26.2 Å². The Kier molecular flexibility index (Phi) is 8.28. The number of anilines is 1. The van der Waals surface area contributed by atoms with Crippen molar-refractivity contribution in [1.82, 2.24) is 5.32 Å². The Morgan fingerprint density at radius 1 is 1.38 bits per heavy atom. The third-order valence-corrected chi connectivity index (χ3v) is 4.40. The molecule has 1 heterocycles. The van der Waals surface area contributed by atoms with E-state index in [2.05, 4.69) is 17.6 Å². The number of piperidine rings is 1. The molecule has 1 aliphatic rings. The molecule has 0 radical (unpaired) electrons. The molecule has 2 rings (SSSR count). The molecule has 5 nitrogen and oxygen atoms in total. The lowest BCUT2D eigenvalue weighted by molar-refractivity contribution is -0.117. The van der Waals surface area contributed by atoms with Gasteiger partial charge < -0.3 is 20.1 Å². The number of rotatable bonds is 6. The number of ether oxygens (including phenoxy) is 2. The van der Waals surface area contributed by atoms with Gasteiger partial charge in [-0.3, -0.25) is 4.79 Å². The zero-order chi connectivity index (χ0) is 16.8. The first kappa shape index (κ1) is 20.5. The molecule has 1 amide bonds. The number of carbonyl (C=O) groups excluding carboxylic acids is 1. The fourth-order valence-corrected chi connectivity index (χ4v) is 2.98. The molecule has 0 spiro atoms. The first-order chi connectivity index (χ1) is 11.0. The van der Waals surface area contributed by atoms with Crippen molar-refractivity contribution in [1.29, 1.82) is 0 Å². The lowest BCUT2D eigenvalue weighted by Gasteiger charge is -2.28. The summed E-state index contributed by atoms with van der Waals surface area (Å²) in [6.07, 6.45) is 2.69. The van der Waals surface area contributed by atoms with Crippen molar-refractivity contribution in [3.05, 3.63) is 17.9 Å². The van der Waals surface area contributed by atoms with E-state index in [4.69, 9.17) is 9.47 Å². The van der Waals surface area contributed by atoms with Gasteiger partial charge in [-0.15, -0.1) is 12.4 Å². The van der Waals surface area contributed by atoms with Gasteiger partial charge in [0.1, 0.15) is 5.75 Å². The van der Waals surface area contributed by atoms with Crippen LogP contribution in [0.15, 0.2) is 12.1 Å². The highest BCUT2D eigenvalue weighted by Crippen LogP contribution is 2.32. The van der Waals surface area contributed by atoms with E-state index >= 15 is 0 Å². The van der Waals surface area contributed by atoms with Crippen LogP contribution in [0, 0.1) is 17.7 Å². The van der Waals surface area contributed by atoms with Crippen LogP contribution in [0.4, 0.5) is 10.1 Å². The number of nitrogens with one attached hydrogen (secondary N) is 2. The maximum absolute atomic E-state index is 13.8. The Balaban J connectivity index is 0.00000288. The second kappa shape index (κ2) is 9.69. The molecule has 1 fully saturated rings. The molecule has 0 aliphatic carbocycles. The molecule has 2 atom stereocenters. The van der Waals surface area contributed by atoms with Gasteiger partial charge in [-0.2, -0.15) is 0 Å². The van der Waals surface area contributed by atoms with E-state index < -0.39 is 5.82 Å². The summed E-state index contributed by atoms with van der Waals surface area (Å²) in [5.41, 5.74) is 0.324. The van der Waals surface area contributed by atoms with Crippen molar-refractivity contribution in [3.63, 3.8) is 0 Å². The number of amides is 1. The Morgan fingerprint density at radius 3 is 2.67 bits per heavy atom. The molecule has 1 aromatic carbocycles.